The molecule has 0 fully saturated rings. The Morgan fingerprint density at radius 3 is 2.48 bits per heavy atom. The molecule has 5 heteroatoms. The second kappa shape index (κ2) is 7.24. The van der Waals surface area contributed by atoms with Gasteiger partial charge in [0.1, 0.15) is 5.75 Å². The first kappa shape index (κ1) is 15.5. The van der Waals surface area contributed by atoms with E-state index in [1.807, 2.05) is 29.6 Å². The average Bonchev–Trinajstić information content (AvgIpc) is 3.12. The molecule has 4 nitrogen and oxygen atoms in total. The Morgan fingerprint density at radius 2 is 1.83 bits per heavy atom. The molecule has 2 aromatic heterocycles. The Hall–Kier alpha value is -2.40. The highest BCUT2D eigenvalue weighted by Gasteiger charge is 2.06. The van der Waals surface area contributed by atoms with Crippen LogP contribution in [0.2, 0.25) is 0 Å². The van der Waals surface area contributed by atoms with Gasteiger partial charge in [0.05, 0.1) is 0 Å². The van der Waals surface area contributed by atoms with Gasteiger partial charge in [0.2, 0.25) is 0 Å². The standard InChI is InChI=1S/C18H19N3OS/c1-3-21(4-2)15-7-5-8-16(11-15)22-18-19-12-14(13-20-18)17-9-6-10-23-17/h5-13H,3-4H2,1-2H3. The van der Waals surface area contributed by atoms with Crippen molar-refractivity contribution in [2.45, 2.75) is 13.8 Å². The number of rotatable bonds is 6. The molecule has 0 saturated carbocycles. The zero-order valence-electron chi connectivity index (χ0n) is 13.3. The zero-order chi connectivity index (χ0) is 16.1. The van der Waals surface area contributed by atoms with Crippen molar-refractivity contribution >= 4 is 17.0 Å². The number of hydrogen-bond donors (Lipinski definition) is 0. The lowest BCUT2D eigenvalue weighted by Gasteiger charge is -2.21. The van der Waals surface area contributed by atoms with Crippen molar-refractivity contribution in [1.29, 1.82) is 0 Å². The van der Waals surface area contributed by atoms with E-state index in [2.05, 4.69) is 40.8 Å². The van der Waals surface area contributed by atoms with E-state index >= 15 is 0 Å². The summed E-state index contributed by atoms with van der Waals surface area (Å²) in [6, 6.07) is 12.4. The van der Waals surface area contributed by atoms with Gasteiger partial charge in [0.15, 0.2) is 0 Å². The van der Waals surface area contributed by atoms with E-state index in [-0.39, 0.29) is 0 Å². The predicted molar refractivity (Wildman–Crippen MR) is 95.4 cm³/mol. The maximum atomic E-state index is 5.79. The van der Waals surface area contributed by atoms with Crippen LogP contribution in [-0.2, 0) is 0 Å². The summed E-state index contributed by atoms with van der Waals surface area (Å²) in [7, 11) is 0. The Morgan fingerprint density at radius 1 is 1.04 bits per heavy atom. The van der Waals surface area contributed by atoms with Crippen molar-refractivity contribution in [1.82, 2.24) is 9.97 Å². The molecule has 3 aromatic rings. The lowest BCUT2D eigenvalue weighted by atomic mass is 10.2. The molecule has 2 heterocycles. The molecule has 0 saturated heterocycles. The summed E-state index contributed by atoms with van der Waals surface area (Å²) in [6.45, 7) is 6.21. The van der Waals surface area contributed by atoms with Gasteiger partial charge in [-0.3, -0.25) is 0 Å². The summed E-state index contributed by atoms with van der Waals surface area (Å²) in [5.74, 6) is 0.748. The molecule has 23 heavy (non-hydrogen) atoms. The van der Waals surface area contributed by atoms with E-state index in [1.54, 1.807) is 23.7 Å². The quantitative estimate of drug-likeness (QED) is 0.650. The van der Waals surface area contributed by atoms with Crippen LogP contribution in [0.4, 0.5) is 5.69 Å². The fraction of sp³-hybridized carbons (Fsp3) is 0.222. The maximum Gasteiger partial charge on any atom is 0.321 e. The number of aromatic nitrogens is 2. The van der Waals surface area contributed by atoms with E-state index in [0.29, 0.717) is 6.01 Å². The molecule has 1 aromatic carbocycles. The van der Waals surface area contributed by atoms with Crippen molar-refractivity contribution < 1.29 is 4.74 Å². The van der Waals surface area contributed by atoms with E-state index < -0.39 is 0 Å². The van der Waals surface area contributed by atoms with Crippen LogP contribution < -0.4 is 9.64 Å². The Kier molecular flexibility index (Phi) is 4.88. The van der Waals surface area contributed by atoms with Crippen LogP contribution in [0.3, 0.4) is 0 Å². The number of anilines is 1. The third-order valence-electron chi connectivity index (χ3n) is 3.59. The highest BCUT2D eigenvalue weighted by Crippen LogP contribution is 2.26. The second-order valence-corrected chi connectivity index (χ2v) is 5.95. The van der Waals surface area contributed by atoms with Gasteiger partial charge in [-0.25, -0.2) is 9.97 Å². The van der Waals surface area contributed by atoms with Crippen LogP contribution >= 0.6 is 11.3 Å². The molecule has 118 valence electrons. The SMILES string of the molecule is CCN(CC)c1cccc(Oc2ncc(-c3cccs3)cn2)c1. The molecule has 0 amide bonds. The zero-order valence-corrected chi connectivity index (χ0v) is 14.1. The molecular formula is C18H19N3OS. The second-order valence-electron chi connectivity index (χ2n) is 5.00. The molecule has 0 radical (unpaired) electrons. The van der Waals surface area contributed by atoms with Crippen LogP contribution in [0.1, 0.15) is 13.8 Å². The summed E-state index contributed by atoms with van der Waals surface area (Å²) >= 11 is 1.67. The minimum Gasteiger partial charge on any atom is -0.424 e. The van der Waals surface area contributed by atoms with Crippen LogP contribution in [0.25, 0.3) is 10.4 Å². The van der Waals surface area contributed by atoms with Crippen molar-refractivity contribution in [3.8, 4) is 22.2 Å². The normalized spacial score (nSPS) is 10.5. The van der Waals surface area contributed by atoms with Gasteiger partial charge < -0.3 is 9.64 Å². The first-order valence-electron chi connectivity index (χ1n) is 7.69. The summed E-state index contributed by atoms with van der Waals surface area (Å²) in [6.07, 6.45) is 3.59. The molecule has 0 aliphatic heterocycles. The fourth-order valence-electron chi connectivity index (χ4n) is 2.38. The first-order valence-corrected chi connectivity index (χ1v) is 8.57. The lowest BCUT2D eigenvalue weighted by molar-refractivity contribution is 0.442. The van der Waals surface area contributed by atoms with Gasteiger partial charge in [-0.2, -0.15) is 0 Å². The van der Waals surface area contributed by atoms with Crippen molar-refractivity contribution in [2.75, 3.05) is 18.0 Å². The van der Waals surface area contributed by atoms with Gasteiger partial charge in [0.25, 0.3) is 0 Å². The Balaban J connectivity index is 1.75. The smallest absolute Gasteiger partial charge is 0.321 e. The number of ether oxygens (including phenoxy) is 1. The lowest BCUT2D eigenvalue weighted by Crippen LogP contribution is -2.21. The summed E-state index contributed by atoms with van der Waals surface area (Å²) in [5.41, 5.74) is 2.15. The highest BCUT2D eigenvalue weighted by molar-refractivity contribution is 7.13. The molecule has 0 bridgehead atoms. The first-order chi connectivity index (χ1) is 11.3. The molecule has 0 aliphatic carbocycles. The third kappa shape index (κ3) is 3.68. The van der Waals surface area contributed by atoms with Crippen molar-refractivity contribution in [3.05, 3.63) is 54.2 Å². The molecule has 3 rings (SSSR count). The minimum absolute atomic E-state index is 0.363. The number of thiophene rings is 1. The molecule has 0 aliphatic rings. The maximum absolute atomic E-state index is 5.79. The minimum atomic E-state index is 0.363. The van der Waals surface area contributed by atoms with Gasteiger partial charge in [0, 0.05) is 47.7 Å². The molecule has 0 atom stereocenters. The van der Waals surface area contributed by atoms with E-state index in [0.717, 1.165) is 35.0 Å². The number of nitrogens with zero attached hydrogens (tertiary/aromatic N) is 3. The molecule has 0 N–H and O–H groups in total. The van der Waals surface area contributed by atoms with Crippen molar-refractivity contribution in [2.24, 2.45) is 0 Å². The molecular weight excluding hydrogens is 306 g/mol. The van der Waals surface area contributed by atoms with E-state index in [4.69, 9.17) is 4.74 Å². The third-order valence-corrected chi connectivity index (χ3v) is 4.51. The molecule has 0 spiro atoms. The average molecular weight is 325 g/mol. The van der Waals surface area contributed by atoms with Crippen LogP contribution in [-0.4, -0.2) is 23.1 Å². The Labute approximate surface area is 140 Å². The Bertz CT molecular complexity index is 737. The van der Waals surface area contributed by atoms with Gasteiger partial charge in [-0.05, 0) is 37.4 Å². The highest BCUT2D eigenvalue weighted by atomic mass is 32.1. The largest absolute Gasteiger partial charge is 0.424 e. The van der Waals surface area contributed by atoms with E-state index in [1.165, 1.54) is 0 Å². The van der Waals surface area contributed by atoms with Gasteiger partial charge in [-0.15, -0.1) is 11.3 Å². The van der Waals surface area contributed by atoms with Crippen molar-refractivity contribution in [3.63, 3.8) is 0 Å². The summed E-state index contributed by atoms with van der Waals surface area (Å²) in [4.78, 5) is 12.0. The topological polar surface area (TPSA) is 38.2 Å². The van der Waals surface area contributed by atoms with Gasteiger partial charge >= 0.3 is 6.01 Å². The summed E-state index contributed by atoms with van der Waals surface area (Å²) in [5, 5.41) is 2.04. The van der Waals surface area contributed by atoms with Crippen LogP contribution in [0.5, 0.6) is 11.8 Å². The molecule has 0 unspecified atom stereocenters. The van der Waals surface area contributed by atoms with Crippen LogP contribution in [0, 0.1) is 0 Å². The monoisotopic (exact) mass is 325 g/mol. The predicted octanol–water partition coefficient (Wildman–Crippen LogP) is 4.84. The van der Waals surface area contributed by atoms with E-state index in [9.17, 15) is 0 Å². The summed E-state index contributed by atoms with van der Waals surface area (Å²) < 4.78 is 5.79. The number of hydrogen-bond acceptors (Lipinski definition) is 5. The van der Waals surface area contributed by atoms with Crippen LogP contribution in [0.15, 0.2) is 54.2 Å². The number of benzene rings is 1. The fourth-order valence-corrected chi connectivity index (χ4v) is 3.08. The van der Waals surface area contributed by atoms with Gasteiger partial charge in [-0.1, -0.05) is 12.1 Å².